The number of aryl methyl sites for hydroxylation is 1. The Kier molecular flexibility index (Phi) is 2.10. The Bertz CT molecular complexity index is 608. The quantitative estimate of drug-likeness (QED) is 0.732. The minimum atomic E-state index is -0.129. The van der Waals surface area contributed by atoms with E-state index in [0.29, 0.717) is 5.41 Å². The van der Waals surface area contributed by atoms with E-state index in [0.717, 1.165) is 30.4 Å². The van der Waals surface area contributed by atoms with Gasteiger partial charge in [0.15, 0.2) is 0 Å². The highest BCUT2D eigenvalue weighted by Gasteiger charge is 2.41. The van der Waals surface area contributed by atoms with Crippen molar-refractivity contribution in [2.24, 2.45) is 0 Å². The summed E-state index contributed by atoms with van der Waals surface area (Å²) in [5, 5.41) is 4.53. The van der Waals surface area contributed by atoms with Crippen molar-refractivity contribution in [2.45, 2.75) is 31.1 Å². The van der Waals surface area contributed by atoms with Crippen molar-refractivity contribution < 1.29 is 4.39 Å². The average Bonchev–Trinajstić information content (AvgIpc) is 2.90. The van der Waals surface area contributed by atoms with Gasteiger partial charge in [0.25, 0.3) is 0 Å². The Morgan fingerprint density at radius 3 is 2.78 bits per heavy atom. The summed E-state index contributed by atoms with van der Waals surface area (Å²) in [6, 6.07) is 5.10. The third kappa shape index (κ3) is 1.31. The SMILES string of the molecule is Fc1ccc2[nH]c3c(c2c1)CCC31CCNCC1. The first-order valence-corrected chi connectivity index (χ1v) is 6.80. The van der Waals surface area contributed by atoms with Crippen LogP contribution in [-0.2, 0) is 11.8 Å². The predicted molar refractivity (Wildman–Crippen MR) is 70.4 cm³/mol. The molecule has 0 saturated carbocycles. The van der Waals surface area contributed by atoms with Crippen molar-refractivity contribution in [3.63, 3.8) is 0 Å². The zero-order valence-corrected chi connectivity index (χ0v) is 10.4. The lowest BCUT2D eigenvalue weighted by Gasteiger charge is -2.34. The maximum atomic E-state index is 13.4. The molecule has 4 rings (SSSR count). The molecule has 0 atom stereocenters. The van der Waals surface area contributed by atoms with Crippen LogP contribution in [0.3, 0.4) is 0 Å². The van der Waals surface area contributed by atoms with Gasteiger partial charge in [-0.15, -0.1) is 0 Å². The monoisotopic (exact) mass is 244 g/mol. The molecule has 0 radical (unpaired) electrons. The van der Waals surface area contributed by atoms with E-state index in [4.69, 9.17) is 0 Å². The van der Waals surface area contributed by atoms with Crippen LogP contribution >= 0.6 is 0 Å². The summed E-state index contributed by atoms with van der Waals surface area (Å²) < 4.78 is 13.4. The van der Waals surface area contributed by atoms with Crippen LogP contribution in [0.15, 0.2) is 18.2 Å². The van der Waals surface area contributed by atoms with Crippen LogP contribution in [-0.4, -0.2) is 18.1 Å². The van der Waals surface area contributed by atoms with Crippen molar-refractivity contribution in [2.75, 3.05) is 13.1 Å². The van der Waals surface area contributed by atoms with Crippen LogP contribution in [0, 0.1) is 5.82 Å². The first-order valence-electron chi connectivity index (χ1n) is 6.80. The van der Waals surface area contributed by atoms with Crippen LogP contribution in [0.25, 0.3) is 10.9 Å². The van der Waals surface area contributed by atoms with Gasteiger partial charge in [0.1, 0.15) is 5.82 Å². The highest BCUT2D eigenvalue weighted by atomic mass is 19.1. The molecule has 1 spiro atoms. The van der Waals surface area contributed by atoms with E-state index >= 15 is 0 Å². The second-order valence-corrected chi connectivity index (χ2v) is 5.70. The molecule has 2 nitrogen and oxygen atoms in total. The molecule has 1 aliphatic heterocycles. The number of hydrogen-bond donors (Lipinski definition) is 2. The lowest BCUT2D eigenvalue weighted by Crippen LogP contribution is -2.38. The molecule has 2 heterocycles. The fourth-order valence-corrected chi connectivity index (χ4v) is 3.83. The van der Waals surface area contributed by atoms with Gasteiger partial charge in [-0.3, -0.25) is 0 Å². The molecule has 2 aromatic rings. The van der Waals surface area contributed by atoms with Gasteiger partial charge in [-0.05, 0) is 62.5 Å². The highest BCUT2D eigenvalue weighted by Crippen LogP contribution is 2.47. The second-order valence-electron chi connectivity index (χ2n) is 5.70. The fraction of sp³-hybridized carbons (Fsp3) is 0.467. The van der Waals surface area contributed by atoms with E-state index in [2.05, 4.69) is 10.3 Å². The first kappa shape index (κ1) is 10.6. The number of nitrogens with one attached hydrogen (secondary N) is 2. The Balaban J connectivity index is 1.91. The number of piperidine rings is 1. The highest BCUT2D eigenvalue weighted by molar-refractivity contribution is 5.86. The molecule has 1 aromatic heterocycles. The smallest absolute Gasteiger partial charge is 0.123 e. The number of rotatable bonds is 0. The molecule has 1 saturated heterocycles. The van der Waals surface area contributed by atoms with Gasteiger partial charge in [-0.2, -0.15) is 0 Å². The summed E-state index contributed by atoms with van der Waals surface area (Å²) in [7, 11) is 0. The van der Waals surface area contributed by atoms with Crippen LogP contribution in [0.2, 0.25) is 0 Å². The van der Waals surface area contributed by atoms with Gasteiger partial charge in [0.2, 0.25) is 0 Å². The molecular formula is C15H17FN2. The fourth-order valence-electron chi connectivity index (χ4n) is 3.83. The zero-order valence-electron chi connectivity index (χ0n) is 10.4. The number of halogens is 1. The van der Waals surface area contributed by atoms with Crippen molar-refractivity contribution >= 4 is 10.9 Å². The summed E-state index contributed by atoms with van der Waals surface area (Å²) in [5.74, 6) is -0.129. The van der Waals surface area contributed by atoms with Crippen molar-refractivity contribution in [1.29, 1.82) is 0 Å². The van der Waals surface area contributed by atoms with Gasteiger partial charge in [-0.1, -0.05) is 0 Å². The number of aromatic nitrogens is 1. The minimum Gasteiger partial charge on any atom is -0.358 e. The second kappa shape index (κ2) is 3.58. The molecular weight excluding hydrogens is 227 g/mol. The molecule has 1 fully saturated rings. The Morgan fingerprint density at radius 2 is 1.94 bits per heavy atom. The lowest BCUT2D eigenvalue weighted by atomic mass is 9.77. The largest absolute Gasteiger partial charge is 0.358 e. The maximum Gasteiger partial charge on any atom is 0.123 e. The van der Waals surface area contributed by atoms with Crippen molar-refractivity contribution in [1.82, 2.24) is 10.3 Å². The van der Waals surface area contributed by atoms with E-state index in [1.165, 1.54) is 30.5 Å². The van der Waals surface area contributed by atoms with Gasteiger partial charge in [-0.25, -0.2) is 4.39 Å². The predicted octanol–water partition coefficient (Wildman–Crippen LogP) is 2.87. The standard InChI is InChI=1S/C15H17FN2/c16-10-1-2-13-12(9-10)11-3-4-15(14(11)18-13)5-7-17-8-6-15/h1-2,9,17-18H,3-8H2. The Morgan fingerprint density at radius 1 is 1.11 bits per heavy atom. The third-order valence-electron chi connectivity index (χ3n) is 4.81. The molecule has 0 bridgehead atoms. The summed E-state index contributed by atoms with van der Waals surface area (Å²) >= 11 is 0. The number of aromatic amines is 1. The summed E-state index contributed by atoms with van der Waals surface area (Å²) in [4.78, 5) is 3.57. The van der Waals surface area contributed by atoms with Gasteiger partial charge in [0.05, 0.1) is 0 Å². The average molecular weight is 244 g/mol. The molecule has 2 aliphatic rings. The molecule has 0 amide bonds. The van der Waals surface area contributed by atoms with E-state index in [9.17, 15) is 4.39 Å². The van der Waals surface area contributed by atoms with Gasteiger partial charge < -0.3 is 10.3 Å². The van der Waals surface area contributed by atoms with Crippen LogP contribution in [0.1, 0.15) is 30.5 Å². The van der Waals surface area contributed by atoms with E-state index in [1.54, 1.807) is 12.1 Å². The maximum absolute atomic E-state index is 13.4. The van der Waals surface area contributed by atoms with Crippen molar-refractivity contribution in [3.05, 3.63) is 35.3 Å². The van der Waals surface area contributed by atoms with E-state index < -0.39 is 0 Å². The van der Waals surface area contributed by atoms with Gasteiger partial charge >= 0.3 is 0 Å². The summed E-state index contributed by atoms with van der Waals surface area (Å²) in [6.07, 6.45) is 4.73. The topological polar surface area (TPSA) is 27.8 Å². The lowest BCUT2D eigenvalue weighted by molar-refractivity contribution is 0.301. The Hall–Kier alpha value is -1.35. The van der Waals surface area contributed by atoms with Crippen LogP contribution in [0.4, 0.5) is 4.39 Å². The molecule has 0 unspecified atom stereocenters. The van der Waals surface area contributed by atoms with Crippen LogP contribution in [0.5, 0.6) is 0 Å². The third-order valence-corrected chi connectivity index (χ3v) is 4.81. The molecule has 3 heteroatoms. The number of H-pyrrole nitrogens is 1. The van der Waals surface area contributed by atoms with E-state index in [1.807, 2.05) is 6.07 Å². The van der Waals surface area contributed by atoms with Crippen LogP contribution < -0.4 is 5.32 Å². The number of hydrogen-bond acceptors (Lipinski definition) is 1. The normalized spacial score (nSPS) is 21.6. The van der Waals surface area contributed by atoms with E-state index in [-0.39, 0.29) is 5.82 Å². The molecule has 94 valence electrons. The minimum absolute atomic E-state index is 0.129. The zero-order chi connectivity index (χ0) is 12.2. The molecule has 18 heavy (non-hydrogen) atoms. The Labute approximate surface area is 106 Å². The number of fused-ring (bicyclic) bond motifs is 4. The number of benzene rings is 1. The molecule has 1 aliphatic carbocycles. The summed E-state index contributed by atoms with van der Waals surface area (Å²) in [6.45, 7) is 2.20. The molecule has 2 N–H and O–H groups in total. The van der Waals surface area contributed by atoms with Crippen molar-refractivity contribution in [3.8, 4) is 0 Å². The van der Waals surface area contributed by atoms with Gasteiger partial charge in [0, 0.05) is 22.0 Å². The summed E-state index contributed by atoms with van der Waals surface area (Å²) in [5.41, 5.74) is 4.19. The first-order chi connectivity index (χ1) is 8.78. The molecule has 1 aromatic carbocycles.